The molecule has 0 heterocycles. The van der Waals surface area contributed by atoms with Crippen LogP contribution in [0.4, 0.5) is 0 Å². The Morgan fingerprint density at radius 2 is 1.83 bits per heavy atom. The minimum absolute atomic E-state index is 0.132. The molecular formula is C12H15NO5. The summed E-state index contributed by atoms with van der Waals surface area (Å²) in [7, 11) is 0. The fourth-order valence-corrected chi connectivity index (χ4v) is 1.37. The zero-order valence-electron chi connectivity index (χ0n) is 9.83. The van der Waals surface area contributed by atoms with Gasteiger partial charge in [-0.25, -0.2) is 4.79 Å². The van der Waals surface area contributed by atoms with Crippen molar-refractivity contribution in [3.8, 4) is 0 Å². The number of aliphatic hydroxyl groups excluding tert-OH is 2. The second kappa shape index (κ2) is 6.13. The van der Waals surface area contributed by atoms with Gasteiger partial charge in [-0.05, 0) is 24.6 Å². The van der Waals surface area contributed by atoms with Gasteiger partial charge in [0.25, 0.3) is 5.91 Å². The molecule has 6 heteroatoms. The van der Waals surface area contributed by atoms with Crippen molar-refractivity contribution < 1.29 is 24.9 Å². The normalized spacial score (nSPS) is 13.7. The van der Waals surface area contributed by atoms with E-state index in [4.69, 9.17) is 10.2 Å². The number of hydrogen-bond acceptors (Lipinski definition) is 4. The van der Waals surface area contributed by atoms with Crippen LogP contribution in [0.3, 0.4) is 0 Å². The molecule has 0 unspecified atom stereocenters. The predicted molar refractivity (Wildman–Crippen MR) is 62.9 cm³/mol. The van der Waals surface area contributed by atoms with Crippen molar-refractivity contribution in [1.29, 1.82) is 0 Å². The number of carboxylic acids is 1. The first-order valence-corrected chi connectivity index (χ1v) is 5.37. The Hall–Kier alpha value is -1.92. The molecule has 0 aromatic heterocycles. The molecule has 0 aliphatic rings. The summed E-state index contributed by atoms with van der Waals surface area (Å²) < 4.78 is 0. The third-order valence-corrected chi connectivity index (χ3v) is 2.43. The molecule has 98 valence electrons. The van der Waals surface area contributed by atoms with Gasteiger partial charge in [0.2, 0.25) is 0 Å². The topological polar surface area (TPSA) is 107 Å². The summed E-state index contributed by atoms with van der Waals surface area (Å²) in [5, 5.41) is 29.1. The van der Waals surface area contributed by atoms with Crippen LogP contribution in [0.25, 0.3) is 0 Å². The van der Waals surface area contributed by atoms with E-state index in [2.05, 4.69) is 5.32 Å². The SMILES string of the molecule is C[C@@H](O)[C@H](NC(=O)c1ccc(CO)cc1)C(=O)O. The van der Waals surface area contributed by atoms with Crippen molar-refractivity contribution in [2.75, 3.05) is 0 Å². The second-order valence-corrected chi connectivity index (χ2v) is 3.89. The van der Waals surface area contributed by atoms with Gasteiger partial charge in [-0.3, -0.25) is 4.79 Å². The number of rotatable bonds is 5. The van der Waals surface area contributed by atoms with Crippen molar-refractivity contribution in [2.45, 2.75) is 25.7 Å². The van der Waals surface area contributed by atoms with Crippen LogP contribution in [0.5, 0.6) is 0 Å². The molecule has 0 spiro atoms. The largest absolute Gasteiger partial charge is 0.480 e. The number of aliphatic hydroxyl groups is 2. The lowest BCUT2D eigenvalue weighted by Crippen LogP contribution is -2.47. The maximum absolute atomic E-state index is 11.7. The molecule has 1 aromatic rings. The van der Waals surface area contributed by atoms with E-state index in [0.717, 1.165) is 0 Å². The highest BCUT2D eigenvalue weighted by Crippen LogP contribution is 2.05. The molecule has 6 nitrogen and oxygen atoms in total. The van der Waals surface area contributed by atoms with Gasteiger partial charge >= 0.3 is 5.97 Å². The van der Waals surface area contributed by atoms with Crippen LogP contribution in [-0.4, -0.2) is 39.3 Å². The molecule has 0 aliphatic carbocycles. The molecule has 18 heavy (non-hydrogen) atoms. The third-order valence-electron chi connectivity index (χ3n) is 2.43. The van der Waals surface area contributed by atoms with Gasteiger partial charge in [-0.1, -0.05) is 12.1 Å². The number of carbonyl (C=O) groups is 2. The zero-order chi connectivity index (χ0) is 13.7. The van der Waals surface area contributed by atoms with Crippen LogP contribution in [0.2, 0.25) is 0 Å². The standard InChI is InChI=1S/C12H15NO5/c1-7(15)10(12(17)18)13-11(16)9-4-2-8(6-14)3-5-9/h2-5,7,10,14-15H,6H2,1H3,(H,13,16)(H,17,18)/t7-,10+/m1/s1. The molecule has 0 bridgehead atoms. The molecule has 0 fully saturated rings. The van der Waals surface area contributed by atoms with Gasteiger partial charge < -0.3 is 20.6 Å². The quantitative estimate of drug-likeness (QED) is 0.578. The third kappa shape index (κ3) is 3.54. The van der Waals surface area contributed by atoms with Crippen LogP contribution >= 0.6 is 0 Å². The summed E-state index contributed by atoms with van der Waals surface area (Å²) in [4.78, 5) is 22.5. The first-order valence-electron chi connectivity index (χ1n) is 5.37. The number of amides is 1. The van der Waals surface area contributed by atoms with Crippen molar-refractivity contribution in [2.24, 2.45) is 0 Å². The molecule has 1 rings (SSSR count). The Morgan fingerprint density at radius 3 is 2.22 bits per heavy atom. The second-order valence-electron chi connectivity index (χ2n) is 3.89. The molecule has 2 atom stereocenters. The highest BCUT2D eigenvalue weighted by molar-refractivity contribution is 5.96. The first kappa shape index (κ1) is 14.1. The van der Waals surface area contributed by atoms with Crippen LogP contribution in [-0.2, 0) is 11.4 Å². The maximum Gasteiger partial charge on any atom is 0.328 e. The molecule has 1 aromatic carbocycles. The monoisotopic (exact) mass is 253 g/mol. The fourth-order valence-electron chi connectivity index (χ4n) is 1.37. The van der Waals surface area contributed by atoms with Gasteiger partial charge in [-0.15, -0.1) is 0 Å². The summed E-state index contributed by atoms with van der Waals surface area (Å²) in [5.41, 5.74) is 0.913. The lowest BCUT2D eigenvalue weighted by molar-refractivity contribution is -0.141. The molecule has 0 saturated carbocycles. The van der Waals surface area contributed by atoms with Crippen LogP contribution in [0.15, 0.2) is 24.3 Å². The number of carboxylic acid groups (broad SMARTS) is 1. The number of carbonyl (C=O) groups excluding carboxylic acids is 1. The van der Waals surface area contributed by atoms with Crippen molar-refractivity contribution in [1.82, 2.24) is 5.32 Å². The summed E-state index contributed by atoms with van der Waals surface area (Å²) in [6.07, 6.45) is -1.19. The van der Waals surface area contributed by atoms with Gasteiger partial charge in [0.1, 0.15) is 0 Å². The van der Waals surface area contributed by atoms with Gasteiger partial charge in [0.15, 0.2) is 6.04 Å². The Kier molecular flexibility index (Phi) is 4.82. The van der Waals surface area contributed by atoms with Gasteiger partial charge in [0, 0.05) is 5.56 Å². The summed E-state index contributed by atoms with van der Waals surface area (Å²) >= 11 is 0. The van der Waals surface area contributed by atoms with Crippen LogP contribution in [0, 0.1) is 0 Å². The average Bonchev–Trinajstić information content (AvgIpc) is 2.35. The van der Waals surface area contributed by atoms with E-state index >= 15 is 0 Å². The Bertz CT molecular complexity index is 427. The highest BCUT2D eigenvalue weighted by atomic mass is 16.4. The smallest absolute Gasteiger partial charge is 0.328 e. The summed E-state index contributed by atoms with van der Waals surface area (Å²) in [6.45, 7) is 1.15. The molecule has 0 radical (unpaired) electrons. The minimum Gasteiger partial charge on any atom is -0.480 e. The summed E-state index contributed by atoms with van der Waals surface area (Å²) in [5.74, 6) is -1.89. The molecule has 1 amide bonds. The lowest BCUT2D eigenvalue weighted by Gasteiger charge is -2.17. The zero-order valence-corrected chi connectivity index (χ0v) is 9.83. The van der Waals surface area contributed by atoms with E-state index in [1.807, 2.05) is 0 Å². The lowest BCUT2D eigenvalue weighted by atomic mass is 10.1. The minimum atomic E-state index is -1.35. The van der Waals surface area contributed by atoms with Crippen LogP contribution in [0.1, 0.15) is 22.8 Å². The van der Waals surface area contributed by atoms with E-state index < -0.39 is 24.0 Å². The number of nitrogens with one attached hydrogen (secondary N) is 1. The van der Waals surface area contributed by atoms with Crippen LogP contribution < -0.4 is 5.32 Å². The van der Waals surface area contributed by atoms with E-state index in [1.54, 1.807) is 12.1 Å². The van der Waals surface area contributed by atoms with E-state index in [1.165, 1.54) is 19.1 Å². The first-order chi connectivity index (χ1) is 8.45. The van der Waals surface area contributed by atoms with Crippen molar-refractivity contribution in [3.05, 3.63) is 35.4 Å². The Balaban J connectivity index is 2.77. The summed E-state index contributed by atoms with van der Waals surface area (Å²) in [6, 6.07) is 4.72. The van der Waals surface area contributed by atoms with Crippen molar-refractivity contribution >= 4 is 11.9 Å². The Morgan fingerprint density at radius 1 is 1.28 bits per heavy atom. The van der Waals surface area contributed by atoms with E-state index in [9.17, 15) is 14.7 Å². The molecule has 0 saturated heterocycles. The van der Waals surface area contributed by atoms with Gasteiger partial charge in [0.05, 0.1) is 12.7 Å². The fraction of sp³-hybridized carbons (Fsp3) is 0.333. The van der Waals surface area contributed by atoms with Crippen molar-refractivity contribution in [3.63, 3.8) is 0 Å². The number of benzene rings is 1. The number of aliphatic carboxylic acids is 1. The average molecular weight is 253 g/mol. The highest BCUT2D eigenvalue weighted by Gasteiger charge is 2.25. The molecular weight excluding hydrogens is 238 g/mol. The van der Waals surface area contributed by atoms with E-state index in [-0.39, 0.29) is 12.2 Å². The number of hydrogen-bond donors (Lipinski definition) is 4. The molecule has 4 N–H and O–H groups in total. The Labute approximate surface area is 104 Å². The predicted octanol–water partition coefficient (Wildman–Crippen LogP) is -0.257. The van der Waals surface area contributed by atoms with E-state index in [0.29, 0.717) is 5.56 Å². The maximum atomic E-state index is 11.7. The molecule has 0 aliphatic heterocycles. The van der Waals surface area contributed by atoms with Gasteiger partial charge in [-0.2, -0.15) is 0 Å².